The van der Waals surface area contributed by atoms with E-state index in [1.54, 1.807) is 14.2 Å². The van der Waals surface area contributed by atoms with Crippen LogP contribution in [0.3, 0.4) is 0 Å². The van der Waals surface area contributed by atoms with Gasteiger partial charge in [0.25, 0.3) is 0 Å². The van der Waals surface area contributed by atoms with Crippen LogP contribution in [0.25, 0.3) is 0 Å². The van der Waals surface area contributed by atoms with Crippen LogP contribution in [0.2, 0.25) is 0 Å². The second-order valence-corrected chi connectivity index (χ2v) is 9.95. The van der Waals surface area contributed by atoms with Crippen LogP contribution in [0.4, 0.5) is 5.69 Å². The number of nitrogens with one attached hydrogen (secondary N) is 1. The van der Waals surface area contributed by atoms with Gasteiger partial charge in [0.1, 0.15) is 24.1 Å². The number of fused-ring (bicyclic) bond motifs is 3. The Kier molecular flexibility index (Phi) is 8.97. The third-order valence-electron chi connectivity index (χ3n) is 7.54. The fourth-order valence-corrected chi connectivity index (χ4v) is 5.62. The standard InChI is InChI=1S/C29H40N2O6/c1-32-12-3-10-31-11-13-35-27-7-5-23(17-26(27)31)20-36-28-18-30-9-8-29(28)25-6-4-22(16-24(25)21-37-29)19-34-15-14-33-2/h4-7,16-17,28,30H,3,8-15,18-21H2,1-2H3/t28-,29-/m0/s1. The molecular formula is C29H40N2O6. The molecule has 2 atom stereocenters. The molecule has 8 nitrogen and oxygen atoms in total. The Balaban J connectivity index is 1.26. The average molecular weight is 513 g/mol. The summed E-state index contributed by atoms with van der Waals surface area (Å²) in [6, 6.07) is 13.0. The molecule has 0 saturated carbocycles. The highest BCUT2D eigenvalue weighted by Gasteiger charge is 2.48. The van der Waals surface area contributed by atoms with Gasteiger partial charge in [0.15, 0.2) is 0 Å². The van der Waals surface area contributed by atoms with Crippen molar-refractivity contribution in [1.29, 1.82) is 0 Å². The maximum Gasteiger partial charge on any atom is 0.142 e. The molecule has 0 radical (unpaired) electrons. The normalized spacial score (nSPS) is 22.6. The van der Waals surface area contributed by atoms with Crippen LogP contribution in [0, 0.1) is 0 Å². The van der Waals surface area contributed by atoms with Gasteiger partial charge < -0.3 is 38.6 Å². The Hall–Kier alpha value is -2.20. The van der Waals surface area contributed by atoms with Gasteiger partial charge in [0.2, 0.25) is 0 Å². The molecule has 3 aliphatic rings. The predicted molar refractivity (Wildman–Crippen MR) is 141 cm³/mol. The van der Waals surface area contributed by atoms with Crippen LogP contribution in [-0.4, -0.2) is 72.9 Å². The number of ether oxygens (including phenoxy) is 6. The molecule has 2 aromatic rings. The zero-order chi connectivity index (χ0) is 25.5. The highest BCUT2D eigenvalue weighted by molar-refractivity contribution is 5.61. The molecule has 0 bridgehead atoms. The van der Waals surface area contributed by atoms with E-state index in [-0.39, 0.29) is 6.10 Å². The first kappa shape index (κ1) is 26.4. The molecule has 5 rings (SSSR count). The Morgan fingerprint density at radius 3 is 2.78 bits per heavy atom. The molecule has 37 heavy (non-hydrogen) atoms. The van der Waals surface area contributed by atoms with Crippen LogP contribution in [-0.2, 0) is 49.1 Å². The van der Waals surface area contributed by atoms with Gasteiger partial charge >= 0.3 is 0 Å². The van der Waals surface area contributed by atoms with Crippen molar-refractivity contribution in [2.45, 2.75) is 44.4 Å². The Morgan fingerprint density at radius 1 is 1.03 bits per heavy atom. The van der Waals surface area contributed by atoms with Gasteiger partial charge in [-0.1, -0.05) is 24.3 Å². The molecular weight excluding hydrogens is 472 g/mol. The van der Waals surface area contributed by atoms with E-state index in [0.717, 1.165) is 68.2 Å². The fraction of sp³-hybridized carbons (Fsp3) is 0.586. The zero-order valence-corrected chi connectivity index (χ0v) is 22.1. The number of hydrogen-bond acceptors (Lipinski definition) is 8. The van der Waals surface area contributed by atoms with Crippen LogP contribution >= 0.6 is 0 Å². The number of hydrogen-bond donors (Lipinski definition) is 1. The van der Waals surface area contributed by atoms with Crippen LogP contribution < -0.4 is 15.0 Å². The molecule has 8 heteroatoms. The summed E-state index contributed by atoms with van der Waals surface area (Å²) in [5.74, 6) is 0.943. The van der Waals surface area contributed by atoms with Gasteiger partial charge in [0.05, 0.1) is 45.3 Å². The van der Waals surface area contributed by atoms with Gasteiger partial charge in [-0.05, 0) is 53.8 Å². The number of anilines is 1. The van der Waals surface area contributed by atoms with Crippen molar-refractivity contribution < 1.29 is 28.4 Å². The van der Waals surface area contributed by atoms with Crippen molar-refractivity contribution in [3.8, 4) is 5.75 Å². The van der Waals surface area contributed by atoms with E-state index in [9.17, 15) is 0 Å². The molecule has 1 fully saturated rings. The van der Waals surface area contributed by atoms with E-state index >= 15 is 0 Å². The lowest BCUT2D eigenvalue weighted by Gasteiger charge is -2.41. The van der Waals surface area contributed by atoms with Gasteiger partial charge in [0, 0.05) is 33.9 Å². The van der Waals surface area contributed by atoms with Crippen molar-refractivity contribution in [3.63, 3.8) is 0 Å². The Labute approximate surface area is 220 Å². The number of methoxy groups -OCH3 is 2. The molecule has 0 aliphatic carbocycles. The molecule has 0 aromatic heterocycles. The minimum absolute atomic E-state index is 0.0728. The smallest absolute Gasteiger partial charge is 0.142 e. The Morgan fingerprint density at radius 2 is 1.89 bits per heavy atom. The second-order valence-electron chi connectivity index (χ2n) is 9.95. The van der Waals surface area contributed by atoms with Gasteiger partial charge in [-0.2, -0.15) is 0 Å². The summed E-state index contributed by atoms with van der Waals surface area (Å²) >= 11 is 0. The van der Waals surface area contributed by atoms with Gasteiger partial charge in [-0.15, -0.1) is 0 Å². The molecule has 3 aliphatic heterocycles. The predicted octanol–water partition coefficient (Wildman–Crippen LogP) is 3.39. The number of nitrogens with zero attached hydrogens (tertiary/aromatic N) is 1. The molecule has 0 unspecified atom stereocenters. The van der Waals surface area contributed by atoms with E-state index in [4.69, 9.17) is 28.4 Å². The van der Waals surface area contributed by atoms with Crippen molar-refractivity contribution in [2.24, 2.45) is 0 Å². The first-order valence-electron chi connectivity index (χ1n) is 13.4. The van der Waals surface area contributed by atoms with Crippen LogP contribution in [0.15, 0.2) is 36.4 Å². The fourth-order valence-electron chi connectivity index (χ4n) is 5.62. The van der Waals surface area contributed by atoms with Crippen molar-refractivity contribution in [3.05, 3.63) is 58.7 Å². The van der Waals surface area contributed by atoms with E-state index in [1.165, 1.54) is 11.1 Å². The molecule has 1 spiro atoms. The van der Waals surface area contributed by atoms with E-state index < -0.39 is 5.60 Å². The average Bonchev–Trinajstić information content (AvgIpc) is 3.29. The molecule has 202 valence electrons. The zero-order valence-electron chi connectivity index (χ0n) is 22.1. The van der Waals surface area contributed by atoms with Crippen LogP contribution in [0.1, 0.15) is 35.1 Å². The summed E-state index contributed by atoms with van der Waals surface area (Å²) in [5, 5.41) is 3.51. The lowest BCUT2D eigenvalue weighted by molar-refractivity contribution is -0.162. The van der Waals surface area contributed by atoms with Crippen molar-refractivity contribution in [2.75, 3.05) is 71.7 Å². The van der Waals surface area contributed by atoms with Gasteiger partial charge in [-0.3, -0.25) is 0 Å². The van der Waals surface area contributed by atoms with E-state index in [1.807, 2.05) is 0 Å². The Bertz CT molecular complexity index is 1030. The van der Waals surface area contributed by atoms with E-state index in [2.05, 4.69) is 46.6 Å². The molecule has 2 aromatic carbocycles. The molecule has 0 amide bonds. The maximum absolute atomic E-state index is 6.61. The van der Waals surface area contributed by atoms with Crippen molar-refractivity contribution >= 4 is 5.69 Å². The lowest BCUT2D eigenvalue weighted by atomic mass is 9.81. The number of rotatable bonds is 12. The molecule has 3 heterocycles. The summed E-state index contributed by atoms with van der Waals surface area (Å²) in [7, 11) is 3.44. The third-order valence-corrected chi connectivity index (χ3v) is 7.54. The SMILES string of the molecule is COCCCN1CCOc2ccc(CO[C@H]3CNCC[C@@]34OCc3cc(COCCOC)ccc34)cc21. The minimum Gasteiger partial charge on any atom is -0.490 e. The topological polar surface area (TPSA) is 70.7 Å². The summed E-state index contributed by atoms with van der Waals surface area (Å²) in [6.45, 7) is 7.89. The summed E-state index contributed by atoms with van der Waals surface area (Å²) in [6.07, 6.45) is 1.81. The minimum atomic E-state index is -0.417. The third kappa shape index (κ3) is 5.95. The number of benzene rings is 2. The summed E-state index contributed by atoms with van der Waals surface area (Å²) < 4.78 is 35.1. The second kappa shape index (κ2) is 12.6. The van der Waals surface area contributed by atoms with Crippen LogP contribution in [0.5, 0.6) is 5.75 Å². The number of piperidine rings is 1. The van der Waals surface area contributed by atoms with Crippen molar-refractivity contribution in [1.82, 2.24) is 5.32 Å². The van der Waals surface area contributed by atoms with E-state index in [0.29, 0.717) is 39.6 Å². The lowest BCUT2D eigenvalue weighted by Crippen LogP contribution is -2.53. The van der Waals surface area contributed by atoms with Gasteiger partial charge in [-0.25, -0.2) is 0 Å². The quantitative estimate of drug-likeness (QED) is 0.434. The maximum atomic E-state index is 6.61. The first-order chi connectivity index (χ1) is 18.2. The summed E-state index contributed by atoms with van der Waals surface area (Å²) in [5.41, 5.74) is 5.52. The largest absolute Gasteiger partial charge is 0.490 e. The summed E-state index contributed by atoms with van der Waals surface area (Å²) in [4.78, 5) is 2.39. The monoisotopic (exact) mass is 512 g/mol. The first-order valence-corrected chi connectivity index (χ1v) is 13.4. The highest BCUT2D eigenvalue weighted by atomic mass is 16.6. The molecule has 1 N–H and O–H groups in total. The molecule has 1 saturated heterocycles. The highest BCUT2D eigenvalue weighted by Crippen LogP contribution is 2.45.